The SMILES string of the molecule is CCS(=O)(=O)[C@H]1[C@@H](c2ccc(C)cc2)[C@@]1(C#N)COC. The molecule has 0 N–H and O–H groups in total. The van der Waals surface area contributed by atoms with Gasteiger partial charge in [-0.15, -0.1) is 0 Å². The highest BCUT2D eigenvalue weighted by atomic mass is 32.2. The van der Waals surface area contributed by atoms with Gasteiger partial charge in [0.15, 0.2) is 9.84 Å². The van der Waals surface area contributed by atoms with E-state index in [1.807, 2.05) is 31.2 Å². The number of aryl methyl sites for hydroxylation is 1. The summed E-state index contributed by atoms with van der Waals surface area (Å²) in [6.07, 6.45) is 0. The second-order valence-electron chi connectivity index (χ2n) is 5.35. The lowest BCUT2D eigenvalue weighted by Gasteiger charge is -2.07. The molecular formula is C15H19NO3S. The molecule has 0 amide bonds. The lowest BCUT2D eigenvalue weighted by Crippen LogP contribution is -2.20. The van der Waals surface area contributed by atoms with Crippen LogP contribution in [0.5, 0.6) is 0 Å². The van der Waals surface area contributed by atoms with E-state index < -0.39 is 20.5 Å². The first-order chi connectivity index (χ1) is 9.43. The number of nitriles is 1. The molecule has 0 heterocycles. The fraction of sp³-hybridized carbons (Fsp3) is 0.533. The quantitative estimate of drug-likeness (QED) is 0.833. The Morgan fingerprint density at radius 3 is 2.40 bits per heavy atom. The molecule has 1 aromatic rings. The number of hydrogen-bond donors (Lipinski definition) is 0. The Labute approximate surface area is 120 Å². The summed E-state index contributed by atoms with van der Waals surface area (Å²) in [4.78, 5) is 0. The van der Waals surface area contributed by atoms with Gasteiger partial charge in [-0.05, 0) is 12.5 Å². The molecular weight excluding hydrogens is 274 g/mol. The van der Waals surface area contributed by atoms with E-state index in [0.29, 0.717) is 0 Å². The van der Waals surface area contributed by atoms with Crippen LogP contribution in [0.4, 0.5) is 0 Å². The smallest absolute Gasteiger partial charge is 0.155 e. The van der Waals surface area contributed by atoms with Crippen molar-refractivity contribution < 1.29 is 13.2 Å². The average Bonchev–Trinajstić information content (AvgIpc) is 3.10. The van der Waals surface area contributed by atoms with Crippen molar-refractivity contribution in [1.82, 2.24) is 0 Å². The van der Waals surface area contributed by atoms with Gasteiger partial charge < -0.3 is 4.74 Å². The summed E-state index contributed by atoms with van der Waals surface area (Å²) in [6.45, 7) is 3.74. The van der Waals surface area contributed by atoms with Crippen LogP contribution in [0.1, 0.15) is 24.0 Å². The fourth-order valence-electron chi connectivity index (χ4n) is 2.93. The zero-order valence-electron chi connectivity index (χ0n) is 12.0. The molecule has 3 atom stereocenters. The lowest BCUT2D eigenvalue weighted by molar-refractivity contribution is 0.162. The Morgan fingerprint density at radius 1 is 1.35 bits per heavy atom. The number of hydrogen-bond acceptors (Lipinski definition) is 4. The van der Waals surface area contributed by atoms with Crippen LogP contribution in [-0.4, -0.2) is 33.1 Å². The normalized spacial score (nSPS) is 28.9. The minimum absolute atomic E-state index is 0.0488. The molecule has 1 saturated carbocycles. The van der Waals surface area contributed by atoms with Crippen molar-refractivity contribution in [2.45, 2.75) is 25.0 Å². The molecule has 4 nitrogen and oxygen atoms in total. The van der Waals surface area contributed by atoms with Gasteiger partial charge in [0, 0.05) is 18.8 Å². The molecule has 108 valence electrons. The van der Waals surface area contributed by atoms with Crippen LogP contribution in [0.3, 0.4) is 0 Å². The predicted octanol–water partition coefficient (Wildman–Crippen LogP) is 2.05. The molecule has 1 aromatic carbocycles. The van der Waals surface area contributed by atoms with Crippen molar-refractivity contribution in [2.75, 3.05) is 19.5 Å². The van der Waals surface area contributed by atoms with Gasteiger partial charge in [-0.3, -0.25) is 0 Å². The zero-order chi connectivity index (χ0) is 15.0. The Morgan fingerprint density at radius 2 is 1.95 bits per heavy atom. The Bertz CT molecular complexity index is 630. The zero-order valence-corrected chi connectivity index (χ0v) is 12.8. The van der Waals surface area contributed by atoms with Crippen molar-refractivity contribution in [3.8, 4) is 6.07 Å². The third-order valence-corrected chi connectivity index (χ3v) is 6.34. The van der Waals surface area contributed by atoms with E-state index in [1.54, 1.807) is 6.92 Å². The van der Waals surface area contributed by atoms with Gasteiger partial charge in [0.25, 0.3) is 0 Å². The first-order valence-electron chi connectivity index (χ1n) is 6.61. The molecule has 20 heavy (non-hydrogen) atoms. The van der Waals surface area contributed by atoms with Crippen molar-refractivity contribution in [3.05, 3.63) is 35.4 Å². The Balaban J connectivity index is 2.45. The number of ether oxygens (including phenoxy) is 1. The summed E-state index contributed by atoms with van der Waals surface area (Å²) in [5, 5.41) is 8.85. The van der Waals surface area contributed by atoms with E-state index in [0.717, 1.165) is 11.1 Å². The molecule has 0 aliphatic heterocycles. The minimum atomic E-state index is -3.28. The maximum absolute atomic E-state index is 12.3. The molecule has 0 radical (unpaired) electrons. The molecule has 1 aliphatic rings. The Kier molecular flexibility index (Phi) is 3.90. The molecule has 1 fully saturated rings. The van der Waals surface area contributed by atoms with Gasteiger partial charge in [-0.1, -0.05) is 36.8 Å². The fourth-order valence-corrected chi connectivity index (χ4v) is 4.94. The first kappa shape index (κ1) is 15.0. The van der Waals surface area contributed by atoms with E-state index in [9.17, 15) is 13.7 Å². The third kappa shape index (κ3) is 2.23. The van der Waals surface area contributed by atoms with Gasteiger partial charge in [0.2, 0.25) is 0 Å². The van der Waals surface area contributed by atoms with E-state index in [4.69, 9.17) is 4.74 Å². The van der Waals surface area contributed by atoms with Crippen LogP contribution in [0.15, 0.2) is 24.3 Å². The van der Waals surface area contributed by atoms with E-state index in [-0.39, 0.29) is 18.3 Å². The summed E-state index contributed by atoms with van der Waals surface area (Å²) >= 11 is 0. The number of rotatable bonds is 5. The summed E-state index contributed by atoms with van der Waals surface area (Å²) in [5.41, 5.74) is 1.06. The van der Waals surface area contributed by atoms with Gasteiger partial charge in [-0.25, -0.2) is 8.42 Å². The van der Waals surface area contributed by atoms with E-state index in [2.05, 4.69) is 6.07 Å². The first-order valence-corrected chi connectivity index (χ1v) is 8.33. The van der Waals surface area contributed by atoms with Gasteiger partial charge in [0.05, 0.1) is 17.9 Å². The van der Waals surface area contributed by atoms with Crippen molar-refractivity contribution in [1.29, 1.82) is 5.26 Å². The largest absolute Gasteiger partial charge is 0.383 e. The molecule has 0 aromatic heterocycles. The van der Waals surface area contributed by atoms with Crippen LogP contribution >= 0.6 is 0 Å². The van der Waals surface area contributed by atoms with Crippen molar-refractivity contribution in [3.63, 3.8) is 0 Å². The molecule has 2 rings (SSSR count). The number of methoxy groups -OCH3 is 1. The van der Waals surface area contributed by atoms with Crippen LogP contribution < -0.4 is 0 Å². The maximum atomic E-state index is 12.3. The number of sulfone groups is 1. The Hall–Kier alpha value is -1.38. The van der Waals surface area contributed by atoms with Gasteiger partial charge in [0.1, 0.15) is 5.41 Å². The minimum Gasteiger partial charge on any atom is -0.383 e. The highest BCUT2D eigenvalue weighted by molar-refractivity contribution is 7.92. The molecule has 0 spiro atoms. The highest BCUT2D eigenvalue weighted by Gasteiger charge is 2.71. The number of benzene rings is 1. The van der Waals surface area contributed by atoms with Crippen LogP contribution in [0.2, 0.25) is 0 Å². The summed E-state index contributed by atoms with van der Waals surface area (Å²) in [6, 6.07) is 9.91. The van der Waals surface area contributed by atoms with Gasteiger partial charge >= 0.3 is 0 Å². The van der Waals surface area contributed by atoms with Crippen molar-refractivity contribution in [2.24, 2.45) is 5.41 Å². The average molecular weight is 293 g/mol. The summed E-state index contributed by atoms with van der Waals surface area (Å²) in [7, 11) is -1.78. The third-order valence-electron chi connectivity index (χ3n) is 4.07. The lowest BCUT2D eigenvalue weighted by atomic mass is 10.0. The standard InChI is InChI=1S/C15H19NO3S/c1-4-20(17,18)14-13(15(14,9-16)10-19-3)12-7-5-11(2)6-8-12/h5-8,13-14H,4,10H2,1-3H3/t13-,14+,15-/m1/s1. The topological polar surface area (TPSA) is 67.2 Å². The van der Waals surface area contributed by atoms with Crippen molar-refractivity contribution >= 4 is 9.84 Å². The van der Waals surface area contributed by atoms with E-state index >= 15 is 0 Å². The molecule has 1 aliphatic carbocycles. The monoisotopic (exact) mass is 293 g/mol. The highest BCUT2D eigenvalue weighted by Crippen LogP contribution is 2.62. The maximum Gasteiger partial charge on any atom is 0.155 e. The van der Waals surface area contributed by atoms with Crippen LogP contribution in [-0.2, 0) is 14.6 Å². The van der Waals surface area contributed by atoms with Crippen LogP contribution in [0, 0.1) is 23.7 Å². The van der Waals surface area contributed by atoms with Crippen LogP contribution in [0.25, 0.3) is 0 Å². The molecule has 0 saturated heterocycles. The summed E-state index contributed by atoms with van der Waals surface area (Å²) in [5.74, 6) is -0.245. The second-order valence-corrected chi connectivity index (χ2v) is 7.76. The molecule has 5 heteroatoms. The number of nitrogens with zero attached hydrogens (tertiary/aromatic N) is 1. The van der Waals surface area contributed by atoms with E-state index in [1.165, 1.54) is 7.11 Å². The second kappa shape index (κ2) is 5.19. The molecule has 0 bridgehead atoms. The van der Waals surface area contributed by atoms with Gasteiger partial charge in [-0.2, -0.15) is 5.26 Å². The summed E-state index contributed by atoms with van der Waals surface area (Å²) < 4.78 is 29.6. The molecule has 0 unspecified atom stereocenters. The predicted molar refractivity (Wildman–Crippen MR) is 77.1 cm³/mol.